The molecular formula is C59H86N2O17. The van der Waals surface area contributed by atoms with Crippen molar-refractivity contribution in [3.63, 3.8) is 0 Å². The summed E-state index contributed by atoms with van der Waals surface area (Å²) in [6, 6.07) is 3.87. The van der Waals surface area contributed by atoms with Crippen LogP contribution in [0.25, 0.3) is 0 Å². The van der Waals surface area contributed by atoms with E-state index in [4.69, 9.17) is 37.9 Å². The van der Waals surface area contributed by atoms with Gasteiger partial charge in [-0.1, -0.05) is 71.1 Å². The number of fused-ring (bicyclic) bond motifs is 3. The summed E-state index contributed by atoms with van der Waals surface area (Å²) in [5, 5.41) is 35.2. The molecule has 0 radical (unpaired) electrons. The van der Waals surface area contributed by atoms with Crippen molar-refractivity contribution in [2.75, 3.05) is 35.0 Å². The first kappa shape index (κ1) is 63.7. The van der Waals surface area contributed by atoms with Gasteiger partial charge in [0.1, 0.15) is 36.2 Å². The molecule has 0 unspecified atom stereocenters. The fraction of sp³-hybridized carbons (Fsp3) is 0.678. The number of hydrogen-bond acceptors (Lipinski definition) is 17. The number of cyclic esters (lactones) is 1. The molecule has 19 heteroatoms. The molecule has 3 aliphatic heterocycles. The highest BCUT2D eigenvalue weighted by molar-refractivity contribution is 6.39. The van der Waals surface area contributed by atoms with Gasteiger partial charge in [0.05, 0.1) is 29.3 Å². The van der Waals surface area contributed by atoms with Crippen molar-refractivity contribution >= 4 is 35.3 Å². The summed E-state index contributed by atoms with van der Waals surface area (Å²) in [5.41, 5.74) is 1.37. The molecule has 3 heterocycles. The van der Waals surface area contributed by atoms with Gasteiger partial charge in [0.25, 0.3) is 17.4 Å². The largest absolute Gasteiger partial charge is 0.514 e. The van der Waals surface area contributed by atoms with Gasteiger partial charge in [-0.15, -0.1) is 0 Å². The number of allylic oxidation sites excluding steroid dienone is 5. The third-order valence-electron chi connectivity index (χ3n) is 16.4. The van der Waals surface area contributed by atoms with Crippen LogP contribution in [0.2, 0.25) is 0 Å². The lowest BCUT2D eigenvalue weighted by molar-refractivity contribution is -0.384. The zero-order chi connectivity index (χ0) is 57.4. The Bertz CT molecular complexity index is 2320. The monoisotopic (exact) mass is 1090 g/mol. The molecule has 4 aliphatic rings. The van der Waals surface area contributed by atoms with Gasteiger partial charge in [-0.2, -0.15) is 0 Å². The molecule has 1 aromatic carbocycles. The van der Waals surface area contributed by atoms with Crippen molar-refractivity contribution in [1.29, 1.82) is 0 Å². The number of piperidine rings is 1. The predicted octanol–water partition coefficient (Wildman–Crippen LogP) is 8.76. The maximum atomic E-state index is 14.7. The van der Waals surface area contributed by atoms with Gasteiger partial charge in [0, 0.05) is 77.7 Å². The summed E-state index contributed by atoms with van der Waals surface area (Å²) in [6.07, 6.45) is 9.46. The SMILES string of the molecule is CO[C@H]1C[C@@H]2CC[C@@H](C)[C@@](O)(O2)C(=O)C(=O)N2CCCC[C@H]2C(=O)O[C@H]([C@H](C)C[C@@H]2CC[C@@H](OC(=O)Oc3ccc([N+](=O)[O-])cc3)[C@H](OC)C2)C[C@@H](O)[C@H](C)/C=C(\C)[C@@H](OC)[C@@H](OC)C(=O)[C@H](C)C[C@H](C)/C=C/C=CC=C1C. The summed E-state index contributed by atoms with van der Waals surface area (Å²) >= 11 is 0. The van der Waals surface area contributed by atoms with Crippen LogP contribution in [0.1, 0.15) is 126 Å². The van der Waals surface area contributed by atoms with Crippen LogP contribution in [0.3, 0.4) is 0 Å². The molecule has 0 aromatic heterocycles. The molecule has 78 heavy (non-hydrogen) atoms. The molecule has 1 amide bonds. The second-order valence-electron chi connectivity index (χ2n) is 22.2. The number of methoxy groups -OCH3 is 4. The van der Waals surface area contributed by atoms with Gasteiger partial charge in [0.2, 0.25) is 5.79 Å². The van der Waals surface area contributed by atoms with Crippen LogP contribution in [0.15, 0.2) is 71.9 Å². The van der Waals surface area contributed by atoms with Crippen molar-refractivity contribution in [2.45, 2.75) is 186 Å². The molecule has 1 aliphatic carbocycles. The van der Waals surface area contributed by atoms with Crippen LogP contribution in [0.5, 0.6) is 5.75 Å². The minimum Gasteiger partial charge on any atom is -0.460 e. The maximum Gasteiger partial charge on any atom is 0.514 e. The first-order valence-electron chi connectivity index (χ1n) is 27.7. The summed E-state index contributed by atoms with van der Waals surface area (Å²) in [7, 11) is 6.07. The molecule has 0 spiro atoms. The summed E-state index contributed by atoms with van der Waals surface area (Å²) in [5.74, 6) is -7.48. The molecule has 2 saturated heterocycles. The van der Waals surface area contributed by atoms with Crippen molar-refractivity contribution < 1.29 is 77.0 Å². The van der Waals surface area contributed by atoms with Crippen molar-refractivity contribution in [1.82, 2.24) is 4.90 Å². The Morgan fingerprint density at radius 1 is 0.833 bits per heavy atom. The molecule has 2 bridgehead atoms. The minimum absolute atomic E-state index is 0.0174. The lowest BCUT2D eigenvalue weighted by atomic mass is 9.78. The standard InChI is InChI=1S/C59H86N2O17/c1-35-17-13-12-14-18-36(2)49(71-8)33-45-24-20-41(7)59(68,78-45)55(64)56(65)60-28-16-15-19-46(60)57(66)76-50(34-47(62)37(3)30-40(6)53(73-10)54(74-11)52(63)39(5)29-35)38(4)31-42-21-27-48(51(32-42)72-9)77-58(67)75-44-25-22-43(23-26-44)61(69)70/h12-14,17-18,22-23,25-26,30,35,37-39,41-42,45-51,53-54,62,68H,15-16,19-21,24,27-29,31-34H2,1-11H3/b14-12?,17-13+,36-18?,40-30+/t35-,37-,38-,39-,41-,42+,45+,46+,47-,48-,49+,50+,51-,53-,54+,59-/m1/s1. The smallest absolute Gasteiger partial charge is 0.460 e. The van der Waals surface area contributed by atoms with Crippen molar-refractivity contribution in [3.05, 3.63) is 82.0 Å². The number of aliphatic hydroxyl groups is 2. The van der Waals surface area contributed by atoms with E-state index >= 15 is 0 Å². The van der Waals surface area contributed by atoms with E-state index in [-0.39, 0.29) is 60.3 Å². The first-order chi connectivity index (χ1) is 37.0. The van der Waals surface area contributed by atoms with E-state index < -0.39 is 101 Å². The van der Waals surface area contributed by atoms with Crippen LogP contribution in [-0.2, 0) is 52.3 Å². The van der Waals surface area contributed by atoms with Crippen LogP contribution in [0.4, 0.5) is 10.5 Å². The van der Waals surface area contributed by atoms with Gasteiger partial charge < -0.3 is 53.0 Å². The van der Waals surface area contributed by atoms with E-state index in [9.17, 15) is 44.3 Å². The van der Waals surface area contributed by atoms with E-state index in [0.717, 1.165) is 5.57 Å². The Morgan fingerprint density at radius 2 is 1.54 bits per heavy atom. The van der Waals surface area contributed by atoms with Gasteiger partial charge in [-0.05, 0) is 119 Å². The fourth-order valence-corrected chi connectivity index (χ4v) is 11.6. The summed E-state index contributed by atoms with van der Waals surface area (Å²) < 4.78 is 47.0. The molecule has 1 saturated carbocycles. The highest BCUT2D eigenvalue weighted by Crippen LogP contribution is 2.39. The number of rotatable bonds is 10. The van der Waals surface area contributed by atoms with Crippen LogP contribution >= 0.6 is 0 Å². The number of amides is 1. The van der Waals surface area contributed by atoms with Crippen LogP contribution < -0.4 is 4.74 Å². The predicted molar refractivity (Wildman–Crippen MR) is 289 cm³/mol. The normalized spacial score (nSPS) is 35.3. The van der Waals surface area contributed by atoms with Crippen molar-refractivity contribution in [2.24, 2.45) is 35.5 Å². The number of carbonyl (C=O) groups is 5. The number of nitro groups is 1. The molecule has 5 rings (SSSR count). The number of benzene rings is 1. The van der Waals surface area contributed by atoms with Gasteiger partial charge >= 0.3 is 12.1 Å². The Balaban J connectivity index is 1.43. The minimum atomic E-state index is -2.46. The highest BCUT2D eigenvalue weighted by Gasteiger charge is 2.53. The van der Waals surface area contributed by atoms with E-state index in [2.05, 4.69) is 0 Å². The zero-order valence-electron chi connectivity index (χ0n) is 47.5. The first-order valence-corrected chi connectivity index (χ1v) is 27.7. The van der Waals surface area contributed by atoms with E-state index in [0.29, 0.717) is 69.8 Å². The maximum absolute atomic E-state index is 14.7. The zero-order valence-corrected chi connectivity index (χ0v) is 47.5. The lowest BCUT2D eigenvalue weighted by Crippen LogP contribution is -2.61. The van der Waals surface area contributed by atoms with Crippen LogP contribution in [0, 0.1) is 45.6 Å². The van der Waals surface area contributed by atoms with Crippen molar-refractivity contribution in [3.8, 4) is 5.75 Å². The number of esters is 1. The van der Waals surface area contributed by atoms with E-state index in [1.54, 1.807) is 14.0 Å². The highest BCUT2D eigenvalue weighted by atomic mass is 16.7. The van der Waals surface area contributed by atoms with E-state index in [1.807, 2.05) is 78.0 Å². The Kier molecular flexibility index (Phi) is 24.4. The molecule has 19 nitrogen and oxygen atoms in total. The lowest BCUT2D eigenvalue weighted by Gasteiger charge is -2.43. The number of ketones is 2. The number of aliphatic hydroxyl groups excluding tert-OH is 1. The number of non-ortho nitro benzene ring substituents is 1. The quantitative estimate of drug-likeness (QED) is 0.0555. The fourth-order valence-electron chi connectivity index (χ4n) is 11.6. The number of Topliss-reactive ketones (excluding diaryl/α,β-unsaturated/α-hetero) is 2. The Hall–Kier alpha value is -5.15. The Morgan fingerprint density at radius 3 is 2.19 bits per heavy atom. The second-order valence-corrected chi connectivity index (χ2v) is 22.2. The summed E-state index contributed by atoms with van der Waals surface area (Å²) in [6.45, 7) is 13.1. The Labute approximate surface area is 460 Å². The number of ether oxygens (including phenoxy) is 8. The molecule has 434 valence electrons. The average Bonchev–Trinajstić information content (AvgIpc) is 3.46. The molecule has 1 aromatic rings. The molecule has 3 fully saturated rings. The van der Waals surface area contributed by atoms with E-state index in [1.165, 1.54) is 50.5 Å². The van der Waals surface area contributed by atoms with Gasteiger partial charge in [0.15, 0.2) is 5.78 Å². The number of nitro benzene ring substituents is 1. The van der Waals surface area contributed by atoms with Crippen LogP contribution in [-0.4, -0.2) is 145 Å². The average molecular weight is 1100 g/mol. The molecule has 16 atom stereocenters. The van der Waals surface area contributed by atoms with Gasteiger partial charge in [-0.3, -0.25) is 24.5 Å². The summed E-state index contributed by atoms with van der Waals surface area (Å²) in [4.78, 5) is 82.1. The third-order valence-corrected chi connectivity index (χ3v) is 16.4. The topological polar surface area (TPSA) is 246 Å². The number of carbonyl (C=O) groups excluding carboxylic acids is 5. The molecular weight excluding hydrogens is 1010 g/mol. The number of nitrogens with zero attached hydrogens (tertiary/aromatic N) is 2. The molecule has 2 N–H and O–H groups in total. The third kappa shape index (κ3) is 16.9. The van der Waals surface area contributed by atoms with Gasteiger partial charge in [-0.25, -0.2) is 9.59 Å². The number of hydrogen-bond donors (Lipinski definition) is 2. The second kappa shape index (κ2) is 29.9.